The first-order chi connectivity index (χ1) is 13.9. The van der Waals surface area contributed by atoms with E-state index in [0.717, 1.165) is 13.1 Å². The maximum absolute atomic E-state index is 12.5. The Bertz CT molecular complexity index is 841. The summed E-state index contributed by atoms with van der Waals surface area (Å²) < 4.78 is 0. The first kappa shape index (κ1) is 20.9. The zero-order valence-electron chi connectivity index (χ0n) is 17.6. The molecule has 0 radical (unpaired) electrons. The standard InChI is InChI=1S/C24H31N3O2.H2/c1-24(2,3)20-11-7-8-12-21(20)26-15-17-27(18-16-26)22(28)13-14-25-23(29)19-9-5-4-6-10-19;/h4-12H,13-18H2,1-3H3,(H,25,29);1H. The highest BCUT2D eigenvalue weighted by Gasteiger charge is 2.25. The number of piperazine rings is 1. The van der Waals surface area contributed by atoms with Gasteiger partial charge in [-0.05, 0) is 29.2 Å². The summed E-state index contributed by atoms with van der Waals surface area (Å²) in [6.07, 6.45) is 0.331. The average Bonchev–Trinajstić information content (AvgIpc) is 2.73. The normalized spacial score (nSPS) is 14.6. The largest absolute Gasteiger partial charge is 0.368 e. The van der Waals surface area contributed by atoms with E-state index in [0.29, 0.717) is 31.6 Å². The quantitative estimate of drug-likeness (QED) is 0.840. The van der Waals surface area contributed by atoms with Crippen LogP contribution in [-0.4, -0.2) is 49.4 Å². The lowest BCUT2D eigenvalue weighted by Gasteiger charge is -2.38. The van der Waals surface area contributed by atoms with Gasteiger partial charge in [-0.1, -0.05) is 57.2 Å². The third-order valence-corrected chi connectivity index (χ3v) is 5.35. The molecule has 0 aromatic heterocycles. The number of rotatable bonds is 5. The number of benzene rings is 2. The Morgan fingerprint density at radius 2 is 1.55 bits per heavy atom. The fourth-order valence-corrected chi connectivity index (χ4v) is 3.71. The summed E-state index contributed by atoms with van der Waals surface area (Å²) in [5.74, 6) is -0.0378. The first-order valence-electron chi connectivity index (χ1n) is 10.3. The van der Waals surface area contributed by atoms with Crippen LogP contribution in [0.5, 0.6) is 0 Å². The van der Waals surface area contributed by atoms with E-state index in [1.807, 2.05) is 23.1 Å². The topological polar surface area (TPSA) is 52.6 Å². The van der Waals surface area contributed by atoms with Gasteiger partial charge in [-0.15, -0.1) is 0 Å². The number of hydrogen-bond acceptors (Lipinski definition) is 3. The Hall–Kier alpha value is -2.82. The van der Waals surface area contributed by atoms with Gasteiger partial charge in [0, 0.05) is 51.8 Å². The Morgan fingerprint density at radius 3 is 2.21 bits per heavy atom. The van der Waals surface area contributed by atoms with Gasteiger partial charge in [0.2, 0.25) is 5.91 Å². The molecular weight excluding hydrogens is 362 g/mol. The van der Waals surface area contributed by atoms with Crippen molar-refractivity contribution in [3.05, 3.63) is 65.7 Å². The molecule has 1 fully saturated rings. The number of carbonyl (C=O) groups is 2. The maximum atomic E-state index is 12.5. The first-order valence-corrected chi connectivity index (χ1v) is 10.3. The SMILES string of the molecule is CC(C)(C)c1ccccc1N1CCN(C(=O)CCNC(=O)c2ccccc2)CC1.[HH]. The number of amides is 2. The third kappa shape index (κ3) is 5.37. The van der Waals surface area contributed by atoms with E-state index in [1.54, 1.807) is 12.1 Å². The third-order valence-electron chi connectivity index (χ3n) is 5.35. The number of anilines is 1. The molecule has 156 valence electrons. The van der Waals surface area contributed by atoms with Crippen LogP contribution < -0.4 is 10.2 Å². The summed E-state index contributed by atoms with van der Waals surface area (Å²) in [7, 11) is 0. The molecular formula is C24H33N3O2. The molecule has 2 aromatic carbocycles. The predicted octanol–water partition coefficient (Wildman–Crippen LogP) is 3.70. The van der Waals surface area contributed by atoms with Crippen molar-refractivity contribution < 1.29 is 11.0 Å². The smallest absolute Gasteiger partial charge is 0.251 e. The van der Waals surface area contributed by atoms with Crippen molar-refractivity contribution in [2.45, 2.75) is 32.6 Å². The van der Waals surface area contributed by atoms with Crippen LogP contribution in [0.2, 0.25) is 0 Å². The number of nitrogens with zero attached hydrogens (tertiary/aromatic N) is 2. The second-order valence-corrected chi connectivity index (χ2v) is 8.51. The molecule has 1 aliphatic heterocycles. The number of nitrogens with one attached hydrogen (secondary N) is 1. The molecule has 0 bridgehead atoms. The monoisotopic (exact) mass is 395 g/mol. The van der Waals surface area contributed by atoms with Crippen molar-refractivity contribution in [1.29, 1.82) is 0 Å². The fourth-order valence-electron chi connectivity index (χ4n) is 3.71. The minimum Gasteiger partial charge on any atom is -0.368 e. The van der Waals surface area contributed by atoms with Gasteiger partial charge in [-0.3, -0.25) is 9.59 Å². The van der Waals surface area contributed by atoms with Crippen LogP contribution in [0.1, 0.15) is 44.5 Å². The highest BCUT2D eigenvalue weighted by Crippen LogP contribution is 2.32. The zero-order chi connectivity index (χ0) is 20.9. The van der Waals surface area contributed by atoms with E-state index in [4.69, 9.17) is 0 Å². The molecule has 0 aliphatic carbocycles. The molecule has 1 heterocycles. The lowest BCUT2D eigenvalue weighted by molar-refractivity contribution is -0.131. The summed E-state index contributed by atoms with van der Waals surface area (Å²) >= 11 is 0. The van der Waals surface area contributed by atoms with Crippen LogP contribution in [0, 0.1) is 0 Å². The molecule has 0 atom stereocenters. The van der Waals surface area contributed by atoms with Crippen LogP contribution in [0.4, 0.5) is 5.69 Å². The number of carbonyl (C=O) groups excluding carboxylic acids is 2. The summed E-state index contributed by atoms with van der Waals surface area (Å²) in [5, 5.41) is 2.83. The summed E-state index contributed by atoms with van der Waals surface area (Å²) in [6, 6.07) is 17.6. The molecule has 1 N–H and O–H groups in total. The summed E-state index contributed by atoms with van der Waals surface area (Å²) in [6.45, 7) is 10.1. The van der Waals surface area contributed by atoms with Crippen molar-refractivity contribution in [3.63, 3.8) is 0 Å². The van der Waals surface area contributed by atoms with Gasteiger partial charge in [0.05, 0.1) is 0 Å². The van der Waals surface area contributed by atoms with Crippen molar-refractivity contribution in [1.82, 2.24) is 10.2 Å². The highest BCUT2D eigenvalue weighted by molar-refractivity contribution is 5.94. The highest BCUT2D eigenvalue weighted by atomic mass is 16.2. The van der Waals surface area contributed by atoms with Gasteiger partial charge in [0.15, 0.2) is 0 Å². The van der Waals surface area contributed by atoms with Gasteiger partial charge in [-0.25, -0.2) is 0 Å². The fraction of sp³-hybridized carbons (Fsp3) is 0.417. The molecule has 29 heavy (non-hydrogen) atoms. The summed E-state index contributed by atoms with van der Waals surface area (Å²) in [4.78, 5) is 28.9. The predicted molar refractivity (Wildman–Crippen MR) is 119 cm³/mol. The number of para-hydroxylation sites is 1. The van der Waals surface area contributed by atoms with Crippen molar-refractivity contribution in [3.8, 4) is 0 Å². The molecule has 1 saturated heterocycles. The van der Waals surface area contributed by atoms with Crippen LogP contribution in [-0.2, 0) is 10.2 Å². The Kier molecular flexibility index (Phi) is 6.57. The van der Waals surface area contributed by atoms with Crippen molar-refractivity contribution in [2.24, 2.45) is 0 Å². The lowest BCUT2D eigenvalue weighted by atomic mass is 9.85. The average molecular weight is 396 g/mol. The van der Waals surface area contributed by atoms with Crippen LogP contribution in [0.25, 0.3) is 0 Å². The number of hydrogen-bond donors (Lipinski definition) is 1. The van der Waals surface area contributed by atoms with E-state index >= 15 is 0 Å². The van der Waals surface area contributed by atoms with E-state index in [-0.39, 0.29) is 18.7 Å². The van der Waals surface area contributed by atoms with Crippen LogP contribution >= 0.6 is 0 Å². The second kappa shape index (κ2) is 9.12. The molecule has 0 unspecified atom stereocenters. The molecule has 1 aliphatic rings. The van der Waals surface area contributed by atoms with Crippen molar-refractivity contribution >= 4 is 17.5 Å². The van der Waals surface area contributed by atoms with E-state index < -0.39 is 0 Å². The molecule has 2 amide bonds. The Labute approximate surface area is 175 Å². The van der Waals surface area contributed by atoms with Crippen LogP contribution in [0.3, 0.4) is 0 Å². The molecule has 0 saturated carbocycles. The van der Waals surface area contributed by atoms with E-state index in [1.165, 1.54) is 11.3 Å². The van der Waals surface area contributed by atoms with Gasteiger partial charge in [0.1, 0.15) is 0 Å². The van der Waals surface area contributed by atoms with E-state index in [9.17, 15) is 9.59 Å². The Morgan fingerprint density at radius 1 is 0.931 bits per heavy atom. The second-order valence-electron chi connectivity index (χ2n) is 8.51. The van der Waals surface area contributed by atoms with Gasteiger partial charge >= 0.3 is 0 Å². The molecule has 5 nitrogen and oxygen atoms in total. The molecule has 0 spiro atoms. The molecule has 2 aromatic rings. The van der Waals surface area contributed by atoms with E-state index in [2.05, 4.69) is 55.3 Å². The van der Waals surface area contributed by atoms with Crippen molar-refractivity contribution in [2.75, 3.05) is 37.6 Å². The Balaban J connectivity index is 0.00000320. The molecule has 3 rings (SSSR count). The van der Waals surface area contributed by atoms with Gasteiger partial charge in [0.25, 0.3) is 5.91 Å². The van der Waals surface area contributed by atoms with Gasteiger partial charge in [-0.2, -0.15) is 0 Å². The van der Waals surface area contributed by atoms with Crippen LogP contribution in [0.15, 0.2) is 54.6 Å². The minimum atomic E-state index is -0.137. The zero-order valence-corrected chi connectivity index (χ0v) is 17.6. The lowest BCUT2D eigenvalue weighted by Crippen LogP contribution is -2.49. The minimum absolute atomic E-state index is 0. The van der Waals surface area contributed by atoms with Gasteiger partial charge < -0.3 is 15.1 Å². The maximum Gasteiger partial charge on any atom is 0.251 e. The molecule has 5 heteroatoms. The summed E-state index contributed by atoms with van der Waals surface area (Å²) in [5.41, 5.74) is 3.30.